The van der Waals surface area contributed by atoms with Crippen molar-refractivity contribution in [2.75, 3.05) is 10.6 Å². The normalized spacial score (nSPS) is 10.6. The molecule has 0 saturated carbocycles. The van der Waals surface area contributed by atoms with Gasteiger partial charge in [0.15, 0.2) is 0 Å². The zero-order valence-electron chi connectivity index (χ0n) is 14.7. The summed E-state index contributed by atoms with van der Waals surface area (Å²) >= 11 is 6.19. The number of nitrogens with zero attached hydrogens (tertiary/aromatic N) is 2. The van der Waals surface area contributed by atoms with Gasteiger partial charge in [-0.05, 0) is 43.7 Å². The van der Waals surface area contributed by atoms with E-state index in [1.807, 2.05) is 68.4 Å². The van der Waals surface area contributed by atoms with E-state index in [-0.39, 0.29) is 6.10 Å². The first-order valence-corrected chi connectivity index (χ1v) is 8.82. The van der Waals surface area contributed by atoms with Crippen LogP contribution < -0.4 is 15.4 Å². The summed E-state index contributed by atoms with van der Waals surface area (Å²) in [4.78, 5) is 8.78. The van der Waals surface area contributed by atoms with Crippen molar-refractivity contribution in [1.82, 2.24) is 9.97 Å². The number of hydrogen-bond donors (Lipinski definition) is 2. The van der Waals surface area contributed by atoms with Gasteiger partial charge < -0.3 is 15.4 Å². The third-order valence-electron chi connectivity index (χ3n) is 3.57. The number of halogens is 1. The molecule has 0 aliphatic rings. The summed E-state index contributed by atoms with van der Waals surface area (Å²) in [7, 11) is 0. The molecule has 6 heteroatoms. The fourth-order valence-corrected chi connectivity index (χ4v) is 2.59. The van der Waals surface area contributed by atoms with E-state index in [4.69, 9.17) is 16.3 Å². The van der Waals surface area contributed by atoms with Gasteiger partial charge in [-0.2, -0.15) is 4.98 Å². The second-order valence-corrected chi connectivity index (χ2v) is 6.41. The van der Waals surface area contributed by atoms with Gasteiger partial charge in [-0.15, -0.1) is 0 Å². The highest BCUT2D eigenvalue weighted by Gasteiger charge is 2.07. The van der Waals surface area contributed by atoms with Crippen molar-refractivity contribution in [2.45, 2.75) is 26.5 Å². The maximum Gasteiger partial charge on any atom is 0.229 e. The number of hydrogen-bond acceptors (Lipinski definition) is 5. The summed E-state index contributed by atoms with van der Waals surface area (Å²) in [6.07, 6.45) is 1.79. The molecule has 134 valence electrons. The summed E-state index contributed by atoms with van der Waals surface area (Å²) < 4.78 is 5.82. The molecule has 3 rings (SSSR count). The molecule has 0 atom stereocenters. The topological polar surface area (TPSA) is 59.1 Å². The van der Waals surface area contributed by atoms with Crippen LogP contribution in [0.1, 0.15) is 19.4 Å². The van der Waals surface area contributed by atoms with Crippen LogP contribution in [0.3, 0.4) is 0 Å². The molecule has 0 spiro atoms. The Labute approximate surface area is 158 Å². The molecule has 5 nitrogen and oxygen atoms in total. The Morgan fingerprint density at radius 1 is 1.04 bits per heavy atom. The molecular weight excluding hydrogens is 348 g/mol. The molecule has 0 fully saturated rings. The van der Waals surface area contributed by atoms with Crippen LogP contribution >= 0.6 is 11.6 Å². The molecule has 0 aliphatic heterocycles. The van der Waals surface area contributed by atoms with Crippen LogP contribution in [0.4, 0.5) is 17.5 Å². The Hall–Kier alpha value is -2.79. The highest BCUT2D eigenvalue weighted by atomic mass is 35.5. The van der Waals surface area contributed by atoms with Crippen molar-refractivity contribution < 1.29 is 4.74 Å². The molecule has 26 heavy (non-hydrogen) atoms. The van der Waals surface area contributed by atoms with Gasteiger partial charge in [-0.3, -0.25) is 0 Å². The van der Waals surface area contributed by atoms with Crippen molar-refractivity contribution in [3.05, 3.63) is 71.4 Å². The average molecular weight is 369 g/mol. The Balaban J connectivity index is 1.71. The second-order valence-electron chi connectivity index (χ2n) is 6.00. The second kappa shape index (κ2) is 8.54. The van der Waals surface area contributed by atoms with E-state index in [0.717, 1.165) is 22.0 Å². The quantitative estimate of drug-likeness (QED) is 0.594. The molecule has 0 radical (unpaired) electrons. The van der Waals surface area contributed by atoms with Gasteiger partial charge in [-0.1, -0.05) is 41.9 Å². The lowest BCUT2D eigenvalue weighted by atomic mass is 10.2. The molecule has 0 unspecified atom stereocenters. The number of nitrogens with one attached hydrogen (secondary N) is 2. The third-order valence-corrected chi connectivity index (χ3v) is 3.94. The third kappa shape index (κ3) is 4.86. The minimum Gasteiger partial charge on any atom is -0.489 e. The molecular formula is C20H21ClN4O. The van der Waals surface area contributed by atoms with E-state index >= 15 is 0 Å². The monoisotopic (exact) mass is 368 g/mol. The Kier molecular flexibility index (Phi) is 5.92. The van der Waals surface area contributed by atoms with Crippen molar-refractivity contribution in [3.63, 3.8) is 0 Å². The minimum absolute atomic E-state index is 0.0856. The van der Waals surface area contributed by atoms with Crippen molar-refractivity contribution >= 4 is 29.1 Å². The zero-order chi connectivity index (χ0) is 18.4. The SMILES string of the molecule is CC(C)Oc1ccccc1Nc1nccc(NCc2ccccc2Cl)n1. The van der Waals surface area contributed by atoms with Gasteiger partial charge >= 0.3 is 0 Å². The Morgan fingerprint density at radius 2 is 1.81 bits per heavy atom. The number of para-hydroxylation sites is 2. The van der Waals surface area contributed by atoms with E-state index in [9.17, 15) is 0 Å². The minimum atomic E-state index is 0.0856. The van der Waals surface area contributed by atoms with Crippen LogP contribution in [0.15, 0.2) is 60.8 Å². The smallest absolute Gasteiger partial charge is 0.229 e. The van der Waals surface area contributed by atoms with Gasteiger partial charge in [0.25, 0.3) is 0 Å². The van der Waals surface area contributed by atoms with Crippen molar-refractivity contribution in [1.29, 1.82) is 0 Å². The number of ether oxygens (including phenoxy) is 1. The van der Waals surface area contributed by atoms with E-state index in [2.05, 4.69) is 20.6 Å². The highest BCUT2D eigenvalue weighted by Crippen LogP contribution is 2.27. The van der Waals surface area contributed by atoms with Crippen LogP contribution in [-0.2, 0) is 6.54 Å². The van der Waals surface area contributed by atoms with Crippen LogP contribution in [0, 0.1) is 0 Å². The first-order chi connectivity index (χ1) is 12.6. The zero-order valence-corrected chi connectivity index (χ0v) is 15.5. The number of rotatable bonds is 7. The van der Waals surface area contributed by atoms with Gasteiger partial charge in [-0.25, -0.2) is 4.98 Å². The predicted octanol–water partition coefficient (Wildman–Crippen LogP) is 5.27. The van der Waals surface area contributed by atoms with Gasteiger partial charge in [0, 0.05) is 17.8 Å². The van der Waals surface area contributed by atoms with E-state index in [1.165, 1.54) is 0 Å². The van der Waals surface area contributed by atoms with Gasteiger partial charge in [0.1, 0.15) is 11.6 Å². The van der Waals surface area contributed by atoms with Crippen molar-refractivity contribution in [3.8, 4) is 5.75 Å². The standard InChI is InChI=1S/C20H21ClN4O/c1-14(2)26-18-10-6-5-9-17(18)24-20-22-12-11-19(25-20)23-13-15-7-3-4-8-16(15)21/h3-12,14H,13H2,1-2H3,(H2,22,23,24,25). The number of benzene rings is 2. The Bertz CT molecular complexity index is 870. The predicted molar refractivity (Wildman–Crippen MR) is 106 cm³/mol. The van der Waals surface area contributed by atoms with Crippen molar-refractivity contribution in [2.24, 2.45) is 0 Å². The van der Waals surface area contributed by atoms with Crippen LogP contribution in [0.25, 0.3) is 0 Å². The summed E-state index contributed by atoms with van der Waals surface area (Å²) in [6, 6.07) is 17.3. The molecule has 2 N–H and O–H groups in total. The first-order valence-electron chi connectivity index (χ1n) is 8.45. The van der Waals surface area contributed by atoms with E-state index < -0.39 is 0 Å². The lowest BCUT2D eigenvalue weighted by Crippen LogP contribution is -2.08. The lowest BCUT2D eigenvalue weighted by molar-refractivity contribution is 0.244. The number of anilines is 3. The van der Waals surface area contributed by atoms with E-state index in [1.54, 1.807) is 6.20 Å². The molecule has 1 heterocycles. The molecule has 0 saturated heterocycles. The molecule has 0 amide bonds. The van der Waals surface area contributed by atoms with Crippen LogP contribution in [0.5, 0.6) is 5.75 Å². The fourth-order valence-electron chi connectivity index (χ4n) is 2.39. The summed E-state index contributed by atoms with van der Waals surface area (Å²) in [5, 5.41) is 7.21. The number of aromatic nitrogens is 2. The maximum absolute atomic E-state index is 6.19. The van der Waals surface area contributed by atoms with Crippen LogP contribution in [0.2, 0.25) is 5.02 Å². The lowest BCUT2D eigenvalue weighted by Gasteiger charge is -2.15. The molecule has 3 aromatic rings. The van der Waals surface area contributed by atoms with Gasteiger partial charge in [0.05, 0.1) is 11.8 Å². The molecule has 2 aromatic carbocycles. The summed E-state index contributed by atoms with van der Waals surface area (Å²) in [6.45, 7) is 4.57. The van der Waals surface area contributed by atoms with Crippen LogP contribution in [-0.4, -0.2) is 16.1 Å². The molecule has 0 aliphatic carbocycles. The molecule has 0 bridgehead atoms. The highest BCUT2D eigenvalue weighted by molar-refractivity contribution is 6.31. The summed E-state index contributed by atoms with van der Waals surface area (Å²) in [5.74, 6) is 1.97. The van der Waals surface area contributed by atoms with E-state index in [0.29, 0.717) is 18.3 Å². The molecule has 1 aromatic heterocycles. The first kappa shape index (κ1) is 18.0. The largest absolute Gasteiger partial charge is 0.489 e. The average Bonchev–Trinajstić information content (AvgIpc) is 2.63. The summed E-state index contributed by atoms with van der Waals surface area (Å²) in [5.41, 5.74) is 1.84. The Morgan fingerprint density at radius 3 is 2.62 bits per heavy atom. The fraction of sp³-hybridized carbons (Fsp3) is 0.200. The maximum atomic E-state index is 6.19. The van der Waals surface area contributed by atoms with Gasteiger partial charge in [0.2, 0.25) is 5.95 Å².